The molecule has 0 bridgehead atoms. The van der Waals surface area contributed by atoms with Gasteiger partial charge in [-0.2, -0.15) is 0 Å². The van der Waals surface area contributed by atoms with E-state index in [1.165, 1.54) is 0 Å². The summed E-state index contributed by atoms with van der Waals surface area (Å²) in [7, 11) is 2.00. The third-order valence-electron chi connectivity index (χ3n) is 4.99. The van der Waals surface area contributed by atoms with Crippen molar-refractivity contribution in [3.05, 3.63) is 36.0 Å². The second-order valence-corrected chi connectivity index (χ2v) is 6.37. The number of benzene rings is 1. The number of hydrogen-bond donors (Lipinski definition) is 1. The lowest BCUT2D eigenvalue weighted by Crippen LogP contribution is -2.34. The SMILES string of the molecule is Cn1cc(CC(=O)N2C[C@@H]3CNC(=O)[C@@H]3C2)c2ccccc21. The lowest BCUT2D eigenvalue weighted by Gasteiger charge is -2.17. The van der Waals surface area contributed by atoms with E-state index in [0.717, 1.165) is 16.5 Å². The van der Waals surface area contributed by atoms with E-state index in [1.807, 2.05) is 30.3 Å². The highest BCUT2D eigenvalue weighted by Gasteiger charge is 2.43. The minimum atomic E-state index is -0.00327. The second-order valence-electron chi connectivity index (χ2n) is 6.37. The molecular weight excluding hydrogens is 278 g/mol. The Labute approximate surface area is 128 Å². The van der Waals surface area contributed by atoms with E-state index in [1.54, 1.807) is 0 Å². The maximum atomic E-state index is 12.6. The predicted molar refractivity (Wildman–Crippen MR) is 83.2 cm³/mol. The molecule has 0 saturated carbocycles. The van der Waals surface area contributed by atoms with Crippen molar-refractivity contribution in [1.29, 1.82) is 0 Å². The Morgan fingerprint density at radius 1 is 1.32 bits per heavy atom. The summed E-state index contributed by atoms with van der Waals surface area (Å²) in [6.45, 7) is 1.98. The van der Waals surface area contributed by atoms with Gasteiger partial charge in [-0.3, -0.25) is 9.59 Å². The number of carbonyl (C=O) groups excluding carboxylic acids is 2. The van der Waals surface area contributed by atoms with E-state index in [2.05, 4.69) is 22.0 Å². The minimum Gasteiger partial charge on any atom is -0.355 e. The molecule has 2 aromatic rings. The van der Waals surface area contributed by atoms with E-state index in [9.17, 15) is 9.59 Å². The fourth-order valence-electron chi connectivity index (χ4n) is 3.78. The highest BCUT2D eigenvalue weighted by molar-refractivity contribution is 5.90. The number of hydrogen-bond acceptors (Lipinski definition) is 2. The van der Waals surface area contributed by atoms with Crippen molar-refractivity contribution in [3.8, 4) is 0 Å². The second kappa shape index (κ2) is 4.87. The smallest absolute Gasteiger partial charge is 0.227 e. The van der Waals surface area contributed by atoms with Gasteiger partial charge in [0.2, 0.25) is 11.8 Å². The Morgan fingerprint density at radius 2 is 2.14 bits per heavy atom. The van der Waals surface area contributed by atoms with Crippen LogP contribution in [0.2, 0.25) is 0 Å². The first-order chi connectivity index (χ1) is 10.6. The third kappa shape index (κ3) is 2.00. The number of aromatic nitrogens is 1. The zero-order valence-electron chi connectivity index (χ0n) is 12.6. The molecule has 22 heavy (non-hydrogen) atoms. The lowest BCUT2D eigenvalue weighted by atomic mass is 10.0. The van der Waals surface area contributed by atoms with Crippen LogP contribution in [-0.4, -0.2) is 40.9 Å². The van der Waals surface area contributed by atoms with Crippen LogP contribution in [0, 0.1) is 11.8 Å². The standard InChI is InChI=1S/C17H19N3O2/c1-19-8-11(13-4-2-3-5-15(13)19)6-16(21)20-9-12-7-18-17(22)14(12)10-20/h2-5,8,12,14H,6-7,9-10H2,1H3,(H,18,22)/t12-,14+/m0/s1. The molecule has 1 N–H and O–H groups in total. The number of nitrogens with zero attached hydrogens (tertiary/aromatic N) is 2. The van der Waals surface area contributed by atoms with Crippen molar-refractivity contribution >= 4 is 22.7 Å². The number of fused-ring (bicyclic) bond motifs is 2. The van der Waals surface area contributed by atoms with E-state index < -0.39 is 0 Å². The zero-order chi connectivity index (χ0) is 15.3. The maximum absolute atomic E-state index is 12.6. The Hall–Kier alpha value is -2.30. The first-order valence-electron chi connectivity index (χ1n) is 7.72. The van der Waals surface area contributed by atoms with Crippen molar-refractivity contribution in [2.45, 2.75) is 6.42 Å². The fraction of sp³-hybridized carbons (Fsp3) is 0.412. The summed E-state index contributed by atoms with van der Waals surface area (Å²) in [6.07, 6.45) is 2.44. The average Bonchev–Trinajstić information content (AvgIpc) is 3.16. The molecule has 2 atom stereocenters. The van der Waals surface area contributed by atoms with E-state index in [-0.39, 0.29) is 17.7 Å². The number of rotatable bonds is 2. The molecule has 2 amide bonds. The summed E-state index contributed by atoms with van der Waals surface area (Å²) in [5, 5.41) is 4.01. The Kier molecular flexibility index (Phi) is 2.96. The molecule has 1 aromatic carbocycles. The van der Waals surface area contributed by atoms with Crippen molar-refractivity contribution in [3.63, 3.8) is 0 Å². The lowest BCUT2D eigenvalue weighted by molar-refractivity contribution is -0.130. The molecule has 2 fully saturated rings. The quantitative estimate of drug-likeness (QED) is 0.896. The topological polar surface area (TPSA) is 54.3 Å². The zero-order valence-corrected chi connectivity index (χ0v) is 12.6. The normalized spacial score (nSPS) is 23.9. The molecule has 1 aromatic heterocycles. The van der Waals surface area contributed by atoms with Crippen molar-refractivity contribution in [2.75, 3.05) is 19.6 Å². The Bertz CT molecular complexity index is 764. The van der Waals surface area contributed by atoms with E-state index >= 15 is 0 Å². The van der Waals surface area contributed by atoms with Crippen LogP contribution in [0.25, 0.3) is 10.9 Å². The molecule has 0 aliphatic carbocycles. The highest BCUT2D eigenvalue weighted by Crippen LogP contribution is 2.28. The molecule has 114 valence electrons. The number of amides is 2. The minimum absolute atomic E-state index is 0.00327. The Balaban J connectivity index is 1.54. The summed E-state index contributed by atoms with van der Waals surface area (Å²) < 4.78 is 2.06. The van der Waals surface area contributed by atoms with Gasteiger partial charge in [-0.05, 0) is 11.6 Å². The van der Waals surface area contributed by atoms with Crippen LogP contribution in [0.3, 0.4) is 0 Å². The molecule has 5 nitrogen and oxygen atoms in total. The van der Waals surface area contributed by atoms with Gasteiger partial charge in [-0.1, -0.05) is 18.2 Å². The van der Waals surface area contributed by atoms with Crippen LogP contribution in [-0.2, 0) is 23.1 Å². The monoisotopic (exact) mass is 297 g/mol. The van der Waals surface area contributed by atoms with E-state index in [0.29, 0.717) is 32.0 Å². The van der Waals surface area contributed by atoms with Gasteiger partial charge in [-0.25, -0.2) is 0 Å². The third-order valence-corrected chi connectivity index (χ3v) is 4.99. The summed E-state index contributed by atoms with van der Waals surface area (Å²) in [5.41, 5.74) is 2.20. The predicted octanol–water partition coefficient (Wildman–Crippen LogP) is 0.925. The van der Waals surface area contributed by atoms with Crippen molar-refractivity contribution in [1.82, 2.24) is 14.8 Å². The first kappa shape index (κ1) is 13.4. The van der Waals surface area contributed by atoms with Gasteiger partial charge >= 0.3 is 0 Å². The molecule has 0 radical (unpaired) electrons. The number of aryl methyl sites for hydroxylation is 1. The van der Waals surface area contributed by atoms with Crippen LogP contribution in [0.5, 0.6) is 0 Å². The van der Waals surface area contributed by atoms with Crippen LogP contribution in [0.15, 0.2) is 30.5 Å². The molecule has 2 aliphatic heterocycles. The van der Waals surface area contributed by atoms with Gasteiger partial charge in [0, 0.05) is 49.7 Å². The largest absolute Gasteiger partial charge is 0.355 e. The number of nitrogens with one attached hydrogen (secondary N) is 1. The summed E-state index contributed by atoms with van der Waals surface area (Å²) in [5.74, 6) is 0.518. The fourth-order valence-corrected chi connectivity index (χ4v) is 3.78. The number of carbonyl (C=O) groups is 2. The molecule has 3 heterocycles. The van der Waals surface area contributed by atoms with Crippen molar-refractivity contribution in [2.24, 2.45) is 18.9 Å². The van der Waals surface area contributed by atoms with Gasteiger partial charge in [0.25, 0.3) is 0 Å². The van der Waals surface area contributed by atoms with Gasteiger partial charge in [-0.15, -0.1) is 0 Å². The van der Waals surface area contributed by atoms with Crippen LogP contribution in [0.1, 0.15) is 5.56 Å². The summed E-state index contributed by atoms with van der Waals surface area (Å²) in [6, 6.07) is 8.13. The summed E-state index contributed by atoms with van der Waals surface area (Å²) in [4.78, 5) is 26.2. The average molecular weight is 297 g/mol. The number of likely N-dealkylation sites (tertiary alicyclic amines) is 1. The molecule has 2 saturated heterocycles. The molecular formula is C17H19N3O2. The van der Waals surface area contributed by atoms with Crippen LogP contribution < -0.4 is 5.32 Å². The molecule has 0 unspecified atom stereocenters. The van der Waals surface area contributed by atoms with Crippen LogP contribution >= 0.6 is 0 Å². The molecule has 0 spiro atoms. The first-order valence-corrected chi connectivity index (χ1v) is 7.72. The number of para-hydroxylation sites is 1. The van der Waals surface area contributed by atoms with E-state index in [4.69, 9.17) is 0 Å². The highest BCUT2D eigenvalue weighted by atomic mass is 16.2. The molecule has 2 aliphatic rings. The van der Waals surface area contributed by atoms with Crippen molar-refractivity contribution < 1.29 is 9.59 Å². The van der Waals surface area contributed by atoms with Gasteiger partial charge in [0.05, 0.1) is 12.3 Å². The molecule has 5 heteroatoms. The van der Waals surface area contributed by atoms with Gasteiger partial charge in [0.1, 0.15) is 0 Å². The van der Waals surface area contributed by atoms with Crippen LogP contribution in [0.4, 0.5) is 0 Å². The van der Waals surface area contributed by atoms with Gasteiger partial charge < -0.3 is 14.8 Å². The maximum Gasteiger partial charge on any atom is 0.227 e. The Morgan fingerprint density at radius 3 is 2.95 bits per heavy atom. The van der Waals surface area contributed by atoms with Gasteiger partial charge in [0.15, 0.2) is 0 Å². The summed E-state index contributed by atoms with van der Waals surface area (Å²) >= 11 is 0. The molecule has 4 rings (SSSR count).